The quantitative estimate of drug-likeness (QED) is 0.763. The third-order valence-electron chi connectivity index (χ3n) is 2.82. The Morgan fingerprint density at radius 3 is 2.88 bits per heavy atom. The van der Waals surface area contributed by atoms with E-state index in [1.807, 2.05) is 6.92 Å². The van der Waals surface area contributed by atoms with Crippen molar-refractivity contribution in [2.45, 2.75) is 39.5 Å². The second-order valence-corrected chi connectivity index (χ2v) is 4.27. The maximum absolute atomic E-state index is 11.6. The highest BCUT2D eigenvalue weighted by Gasteiger charge is 2.10. The van der Waals surface area contributed by atoms with Gasteiger partial charge in [0.2, 0.25) is 11.8 Å². The van der Waals surface area contributed by atoms with Crippen LogP contribution in [0.2, 0.25) is 0 Å². The second-order valence-electron chi connectivity index (χ2n) is 4.27. The largest absolute Gasteiger partial charge is 0.338 e. The molecule has 1 rings (SSSR count). The minimum Gasteiger partial charge on any atom is -0.338 e. The van der Waals surface area contributed by atoms with Gasteiger partial charge < -0.3 is 10.3 Å². The molecule has 5 nitrogen and oxygen atoms in total. The number of carbonyl (C=O) groups is 1. The molecule has 0 fully saturated rings. The fourth-order valence-electron chi connectivity index (χ4n) is 1.75. The lowest BCUT2D eigenvalue weighted by atomic mass is 9.96. The van der Waals surface area contributed by atoms with E-state index in [-0.39, 0.29) is 5.91 Å². The molecule has 0 aliphatic heterocycles. The summed E-state index contributed by atoms with van der Waals surface area (Å²) < 4.78 is 4.91. The molecule has 1 aromatic heterocycles. The Bertz CT molecular complexity index is 349. The second kappa shape index (κ2) is 7.06. The molecule has 0 aliphatic rings. The van der Waals surface area contributed by atoms with Crippen LogP contribution in [-0.2, 0) is 4.79 Å². The summed E-state index contributed by atoms with van der Waals surface area (Å²) in [5.41, 5.74) is 6.27. The molecule has 1 aromatic rings. The van der Waals surface area contributed by atoms with Crippen molar-refractivity contribution in [3.63, 3.8) is 0 Å². The van der Waals surface area contributed by atoms with Crippen molar-refractivity contribution in [2.75, 3.05) is 11.9 Å². The number of nitrogens with one attached hydrogen (secondary N) is 1. The topological polar surface area (TPSA) is 81.2 Å². The molecule has 1 heterocycles. The number of rotatable bonds is 7. The van der Waals surface area contributed by atoms with Gasteiger partial charge >= 0.3 is 0 Å². The smallest absolute Gasteiger partial charge is 0.231 e. The van der Waals surface area contributed by atoms with Gasteiger partial charge in [-0.1, -0.05) is 18.5 Å². The summed E-state index contributed by atoms with van der Waals surface area (Å²) in [5.74, 6) is 0.915. The van der Waals surface area contributed by atoms with E-state index in [1.165, 1.54) is 0 Å². The van der Waals surface area contributed by atoms with Gasteiger partial charge in [0.1, 0.15) is 0 Å². The highest BCUT2D eigenvalue weighted by atomic mass is 16.5. The molecule has 96 valence electrons. The number of anilines is 1. The van der Waals surface area contributed by atoms with Crippen LogP contribution in [0.3, 0.4) is 0 Å². The van der Waals surface area contributed by atoms with Crippen molar-refractivity contribution in [2.24, 2.45) is 11.7 Å². The average molecular weight is 239 g/mol. The Morgan fingerprint density at radius 1 is 1.59 bits per heavy atom. The molecule has 17 heavy (non-hydrogen) atoms. The number of nitrogens with zero attached hydrogens (tertiary/aromatic N) is 1. The van der Waals surface area contributed by atoms with Gasteiger partial charge in [-0.2, -0.15) is 0 Å². The monoisotopic (exact) mass is 239 g/mol. The van der Waals surface area contributed by atoms with Crippen molar-refractivity contribution >= 4 is 11.8 Å². The van der Waals surface area contributed by atoms with E-state index >= 15 is 0 Å². The molecule has 1 amide bonds. The predicted molar refractivity (Wildman–Crippen MR) is 66.6 cm³/mol. The highest BCUT2D eigenvalue weighted by Crippen LogP contribution is 2.15. The van der Waals surface area contributed by atoms with Crippen LogP contribution >= 0.6 is 0 Å². The minimum atomic E-state index is -0.0309. The lowest BCUT2D eigenvalue weighted by Crippen LogP contribution is -2.14. The van der Waals surface area contributed by atoms with E-state index in [2.05, 4.69) is 17.4 Å². The number of aryl methyl sites for hydroxylation is 1. The molecular formula is C12H21N3O2. The van der Waals surface area contributed by atoms with Crippen LogP contribution in [0.5, 0.6) is 0 Å². The third-order valence-corrected chi connectivity index (χ3v) is 2.82. The lowest BCUT2D eigenvalue weighted by Gasteiger charge is -2.12. The van der Waals surface area contributed by atoms with E-state index < -0.39 is 0 Å². The summed E-state index contributed by atoms with van der Waals surface area (Å²) in [4.78, 5) is 11.6. The molecule has 0 radical (unpaired) electrons. The van der Waals surface area contributed by atoms with Crippen molar-refractivity contribution in [3.05, 3.63) is 11.8 Å². The summed E-state index contributed by atoms with van der Waals surface area (Å²) in [6, 6.07) is 1.70. The van der Waals surface area contributed by atoms with Crippen molar-refractivity contribution in [1.82, 2.24) is 5.16 Å². The van der Waals surface area contributed by atoms with Crippen LogP contribution in [-0.4, -0.2) is 17.6 Å². The number of hydrogen-bond acceptors (Lipinski definition) is 4. The number of carbonyl (C=O) groups excluding carboxylic acids is 1. The average Bonchev–Trinajstić information content (AvgIpc) is 2.70. The zero-order valence-corrected chi connectivity index (χ0v) is 10.5. The zero-order chi connectivity index (χ0) is 12.7. The number of nitrogens with two attached hydrogens (primary N) is 1. The molecular weight excluding hydrogens is 218 g/mol. The Kier molecular flexibility index (Phi) is 5.69. The van der Waals surface area contributed by atoms with Gasteiger partial charge in [0.15, 0.2) is 0 Å². The number of amides is 1. The summed E-state index contributed by atoms with van der Waals surface area (Å²) >= 11 is 0. The van der Waals surface area contributed by atoms with Crippen LogP contribution in [0, 0.1) is 12.8 Å². The molecule has 0 saturated carbocycles. The van der Waals surface area contributed by atoms with E-state index in [0.717, 1.165) is 25.0 Å². The standard InChI is InChI=1S/C12H21N3O2/c1-3-10(6-7-13)4-5-11(16)14-12-8-9(2)15-17-12/h8,10H,3-7,13H2,1-2H3,(H,14,16). The first-order valence-corrected chi connectivity index (χ1v) is 6.09. The van der Waals surface area contributed by atoms with Gasteiger partial charge in [0.05, 0.1) is 5.69 Å². The molecule has 1 unspecified atom stereocenters. The van der Waals surface area contributed by atoms with E-state index in [1.54, 1.807) is 6.07 Å². The number of hydrogen-bond donors (Lipinski definition) is 2. The molecule has 0 spiro atoms. The van der Waals surface area contributed by atoms with Gasteiger partial charge in [0, 0.05) is 12.5 Å². The van der Waals surface area contributed by atoms with Crippen LogP contribution in [0.4, 0.5) is 5.88 Å². The Labute approximate surface area is 102 Å². The highest BCUT2D eigenvalue weighted by molar-refractivity contribution is 5.89. The van der Waals surface area contributed by atoms with Gasteiger partial charge in [-0.15, -0.1) is 0 Å². The fraction of sp³-hybridized carbons (Fsp3) is 0.667. The lowest BCUT2D eigenvalue weighted by molar-refractivity contribution is -0.116. The minimum absolute atomic E-state index is 0.0309. The van der Waals surface area contributed by atoms with E-state index in [9.17, 15) is 4.79 Å². The van der Waals surface area contributed by atoms with Crippen molar-refractivity contribution in [1.29, 1.82) is 0 Å². The summed E-state index contributed by atoms with van der Waals surface area (Å²) in [5, 5.41) is 6.39. The van der Waals surface area contributed by atoms with Gasteiger partial charge in [-0.25, -0.2) is 0 Å². The first kappa shape index (κ1) is 13.7. The van der Waals surface area contributed by atoms with Crippen LogP contribution in [0.25, 0.3) is 0 Å². The van der Waals surface area contributed by atoms with Gasteiger partial charge in [-0.05, 0) is 32.2 Å². The third kappa shape index (κ3) is 4.99. The first-order chi connectivity index (χ1) is 8.15. The molecule has 1 atom stereocenters. The molecule has 0 saturated heterocycles. The molecule has 0 aromatic carbocycles. The summed E-state index contributed by atoms with van der Waals surface area (Å²) in [6.45, 7) is 4.62. The molecule has 3 N–H and O–H groups in total. The molecule has 0 bridgehead atoms. The van der Waals surface area contributed by atoms with Crippen LogP contribution in [0.15, 0.2) is 10.6 Å². The normalized spacial score (nSPS) is 12.4. The Hall–Kier alpha value is -1.36. The van der Waals surface area contributed by atoms with Gasteiger partial charge in [-0.3, -0.25) is 10.1 Å². The van der Waals surface area contributed by atoms with Crippen LogP contribution in [0.1, 0.15) is 38.3 Å². The SMILES string of the molecule is CCC(CCN)CCC(=O)Nc1cc(C)no1. The first-order valence-electron chi connectivity index (χ1n) is 6.09. The molecule has 0 aliphatic carbocycles. The Morgan fingerprint density at radius 2 is 2.35 bits per heavy atom. The summed E-state index contributed by atoms with van der Waals surface area (Å²) in [7, 11) is 0. The maximum Gasteiger partial charge on any atom is 0.231 e. The maximum atomic E-state index is 11.6. The number of aromatic nitrogens is 1. The predicted octanol–water partition coefficient (Wildman–Crippen LogP) is 2.08. The summed E-state index contributed by atoms with van der Waals surface area (Å²) in [6.07, 6.45) is 3.40. The van der Waals surface area contributed by atoms with Crippen molar-refractivity contribution in [3.8, 4) is 0 Å². The molecule has 5 heteroatoms. The Balaban J connectivity index is 2.29. The van der Waals surface area contributed by atoms with Gasteiger partial charge in [0.25, 0.3) is 0 Å². The van der Waals surface area contributed by atoms with E-state index in [0.29, 0.717) is 24.8 Å². The van der Waals surface area contributed by atoms with E-state index in [4.69, 9.17) is 10.3 Å². The fourth-order valence-corrected chi connectivity index (χ4v) is 1.75. The zero-order valence-electron chi connectivity index (χ0n) is 10.5. The van der Waals surface area contributed by atoms with Crippen LogP contribution < -0.4 is 11.1 Å². The van der Waals surface area contributed by atoms with Crippen molar-refractivity contribution < 1.29 is 9.32 Å².